The average Bonchev–Trinajstić information content (AvgIpc) is 2.09. The van der Waals surface area contributed by atoms with Crippen molar-refractivity contribution in [1.82, 2.24) is 9.80 Å². The molecule has 0 aliphatic carbocycles. The molecule has 1 aliphatic rings. The summed E-state index contributed by atoms with van der Waals surface area (Å²) in [6, 6.07) is 0. The number of hydrogen-bond donors (Lipinski definition) is 0. The number of nitrogens with zero attached hydrogens (tertiary/aromatic N) is 2. The van der Waals surface area contributed by atoms with E-state index in [-0.39, 0.29) is 0 Å². The molecule has 0 spiro atoms. The van der Waals surface area contributed by atoms with Gasteiger partial charge in [0.15, 0.2) is 0 Å². The zero-order chi connectivity index (χ0) is 8.43. The first kappa shape index (κ1) is 9.01. The summed E-state index contributed by atoms with van der Waals surface area (Å²) in [6.45, 7) is 6.15. The van der Waals surface area contributed by atoms with Crippen LogP contribution >= 0.6 is 0 Å². The van der Waals surface area contributed by atoms with E-state index in [1.54, 1.807) is 0 Å². The molecule has 1 rings (SSSR count). The van der Waals surface area contributed by atoms with Gasteiger partial charge >= 0.3 is 0 Å². The molecule has 0 N–H and O–H groups in total. The van der Waals surface area contributed by atoms with Gasteiger partial charge < -0.3 is 9.80 Å². The zero-order valence-electron chi connectivity index (χ0n) is 8.17. The molecule has 2 atom stereocenters. The van der Waals surface area contributed by atoms with Crippen LogP contribution in [-0.4, -0.2) is 50.6 Å². The van der Waals surface area contributed by atoms with Crippen LogP contribution in [0.1, 0.15) is 6.92 Å². The first-order chi connectivity index (χ1) is 5.09. The van der Waals surface area contributed by atoms with Crippen molar-refractivity contribution >= 4 is 0 Å². The molecule has 0 bridgehead atoms. The first-order valence-electron chi connectivity index (χ1n) is 4.43. The van der Waals surface area contributed by atoms with Crippen molar-refractivity contribution in [1.29, 1.82) is 0 Å². The van der Waals surface area contributed by atoms with Crippen LogP contribution in [0.4, 0.5) is 0 Å². The number of likely N-dealkylation sites (tertiary alicyclic amines) is 1. The van der Waals surface area contributed by atoms with E-state index in [0.717, 1.165) is 11.8 Å². The molecule has 11 heavy (non-hydrogen) atoms. The Hall–Kier alpha value is -0.0800. The Labute approximate surface area is 70.2 Å². The predicted octanol–water partition coefficient (Wildman–Crippen LogP) is 0.746. The molecule has 0 aromatic rings. The van der Waals surface area contributed by atoms with Gasteiger partial charge in [0.05, 0.1) is 0 Å². The molecule has 66 valence electrons. The third-order valence-electron chi connectivity index (χ3n) is 2.55. The molecule has 2 nitrogen and oxygen atoms in total. The third kappa shape index (κ3) is 2.46. The first-order valence-corrected chi connectivity index (χ1v) is 4.43. The van der Waals surface area contributed by atoms with Crippen LogP contribution in [0, 0.1) is 11.8 Å². The summed E-state index contributed by atoms with van der Waals surface area (Å²) >= 11 is 0. The highest BCUT2D eigenvalue weighted by molar-refractivity contribution is 4.80. The SMILES string of the molecule is CC1CN(C)CC1CN(C)C. The van der Waals surface area contributed by atoms with Gasteiger partial charge in [0.1, 0.15) is 0 Å². The number of rotatable bonds is 2. The molecular weight excluding hydrogens is 136 g/mol. The Morgan fingerprint density at radius 1 is 1.36 bits per heavy atom. The van der Waals surface area contributed by atoms with Gasteiger partial charge in [-0.25, -0.2) is 0 Å². The predicted molar refractivity (Wildman–Crippen MR) is 48.7 cm³/mol. The Bertz CT molecular complexity index is 123. The Morgan fingerprint density at radius 3 is 2.36 bits per heavy atom. The lowest BCUT2D eigenvalue weighted by molar-refractivity contribution is 0.294. The Kier molecular flexibility index (Phi) is 2.90. The molecule has 2 unspecified atom stereocenters. The summed E-state index contributed by atoms with van der Waals surface area (Å²) in [5, 5.41) is 0. The van der Waals surface area contributed by atoms with Crippen LogP contribution in [0.15, 0.2) is 0 Å². The van der Waals surface area contributed by atoms with Gasteiger partial charge in [0, 0.05) is 19.6 Å². The Balaban J connectivity index is 2.34. The second kappa shape index (κ2) is 3.55. The lowest BCUT2D eigenvalue weighted by Gasteiger charge is -2.18. The molecule has 1 aliphatic heterocycles. The van der Waals surface area contributed by atoms with Crippen molar-refractivity contribution in [3.63, 3.8) is 0 Å². The monoisotopic (exact) mass is 156 g/mol. The molecule has 1 heterocycles. The van der Waals surface area contributed by atoms with E-state index in [1.807, 2.05) is 0 Å². The van der Waals surface area contributed by atoms with E-state index in [1.165, 1.54) is 19.6 Å². The molecule has 1 fully saturated rings. The second-order valence-corrected chi connectivity index (χ2v) is 4.22. The molecule has 0 aromatic carbocycles. The molecule has 0 aromatic heterocycles. The minimum atomic E-state index is 0.877. The summed E-state index contributed by atoms with van der Waals surface area (Å²) in [6.07, 6.45) is 0. The molecule has 0 amide bonds. The average molecular weight is 156 g/mol. The maximum absolute atomic E-state index is 2.43. The highest BCUT2D eigenvalue weighted by Gasteiger charge is 2.26. The van der Waals surface area contributed by atoms with Crippen molar-refractivity contribution in [3.8, 4) is 0 Å². The van der Waals surface area contributed by atoms with Gasteiger partial charge in [-0.05, 0) is 33.0 Å². The van der Waals surface area contributed by atoms with Crippen LogP contribution in [0.2, 0.25) is 0 Å². The lowest BCUT2D eigenvalue weighted by atomic mass is 9.98. The van der Waals surface area contributed by atoms with E-state index in [9.17, 15) is 0 Å². The third-order valence-corrected chi connectivity index (χ3v) is 2.55. The van der Waals surface area contributed by atoms with Crippen LogP contribution in [0.25, 0.3) is 0 Å². The minimum Gasteiger partial charge on any atom is -0.309 e. The summed E-state index contributed by atoms with van der Waals surface area (Å²) in [4.78, 5) is 4.72. The Morgan fingerprint density at radius 2 is 2.00 bits per heavy atom. The summed E-state index contributed by atoms with van der Waals surface area (Å²) < 4.78 is 0. The van der Waals surface area contributed by atoms with Gasteiger partial charge in [-0.1, -0.05) is 6.92 Å². The summed E-state index contributed by atoms with van der Waals surface area (Å²) in [5.74, 6) is 1.76. The maximum atomic E-state index is 2.43. The van der Waals surface area contributed by atoms with Crippen molar-refractivity contribution in [2.45, 2.75) is 6.92 Å². The fourth-order valence-electron chi connectivity index (χ4n) is 2.00. The van der Waals surface area contributed by atoms with E-state index >= 15 is 0 Å². The quantitative estimate of drug-likeness (QED) is 0.582. The fourth-order valence-corrected chi connectivity index (χ4v) is 2.00. The normalized spacial score (nSPS) is 33.5. The molecule has 0 radical (unpaired) electrons. The summed E-state index contributed by atoms with van der Waals surface area (Å²) in [5.41, 5.74) is 0. The van der Waals surface area contributed by atoms with Crippen LogP contribution in [0.3, 0.4) is 0 Å². The highest BCUT2D eigenvalue weighted by atomic mass is 15.1. The van der Waals surface area contributed by atoms with Crippen LogP contribution < -0.4 is 0 Å². The van der Waals surface area contributed by atoms with Gasteiger partial charge in [-0.2, -0.15) is 0 Å². The van der Waals surface area contributed by atoms with Gasteiger partial charge in [-0.15, -0.1) is 0 Å². The molecule has 2 heteroatoms. The van der Waals surface area contributed by atoms with Gasteiger partial charge in [0.2, 0.25) is 0 Å². The zero-order valence-corrected chi connectivity index (χ0v) is 8.17. The van der Waals surface area contributed by atoms with Crippen molar-refractivity contribution in [2.24, 2.45) is 11.8 Å². The van der Waals surface area contributed by atoms with Crippen LogP contribution in [0.5, 0.6) is 0 Å². The van der Waals surface area contributed by atoms with E-state index in [2.05, 4.69) is 37.9 Å². The lowest BCUT2D eigenvalue weighted by Crippen LogP contribution is -2.26. The van der Waals surface area contributed by atoms with Gasteiger partial charge in [-0.3, -0.25) is 0 Å². The molecule has 0 saturated carbocycles. The minimum absolute atomic E-state index is 0.877. The summed E-state index contributed by atoms with van der Waals surface area (Å²) in [7, 11) is 6.53. The largest absolute Gasteiger partial charge is 0.309 e. The van der Waals surface area contributed by atoms with Crippen molar-refractivity contribution in [2.75, 3.05) is 40.8 Å². The van der Waals surface area contributed by atoms with Crippen molar-refractivity contribution < 1.29 is 0 Å². The fraction of sp³-hybridized carbons (Fsp3) is 1.00. The molecular formula is C9H20N2. The topological polar surface area (TPSA) is 6.48 Å². The van der Waals surface area contributed by atoms with E-state index in [0.29, 0.717) is 0 Å². The van der Waals surface area contributed by atoms with E-state index in [4.69, 9.17) is 0 Å². The van der Waals surface area contributed by atoms with Crippen molar-refractivity contribution in [3.05, 3.63) is 0 Å². The standard InChI is InChI=1S/C9H20N2/c1-8-5-11(4)7-9(8)6-10(2)3/h8-9H,5-7H2,1-4H3. The highest BCUT2D eigenvalue weighted by Crippen LogP contribution is 2.21. The smallest absolute Gasteiger partial charge is 0.00220 e. The second-order valence-electron chi connectivity index (χ2n) is 4.22. The maximum Gasteiger partial charge on any atom is 0.00220 e. The van der Waals surface area contributed by atoms with E-state index < -0.39 is 0 Å². The number of hydrogen-bond acceptors (Lipinski definition) is 2. The van der Waals surface area contributed by atoms with Crippen LogP contribution in [-0.2, 0) is 0 Å². The van der Waals surface area contributed by atoms with Gasteiger partial charge in [0.25, 0.3) is 0 Å². The molecule has 1 saturated heterocycles.